The van der Waals surface area contributed by atoms with Gasteiger partial charge in [0.25, 0.3) is 0 Å². The molecule has 6 aromatic rings. The van der Waals surface area contributed by atoms with Crippen LogP contribution >= 0.6 is 0 Å². The molecule has 0 amide bonds. The highest BCUT2D eigenvalue weighted by Gasteiger charge is 2.32. The zero-order chi connectivity index (χ0) is 42.6. The molecule has 0 saturated heterocycles. The average Bonchev–Trinajstić information content (AvgIpc) is 4.05. The van der Waals surface area contributed by atoms with Crippen LogP contribution in [0.1, 0.15) is 123 Å². The third-order valence-corrected chi connectivity index (χ3v) is 13.1. The molecule has 4 aromatic carbocycles. The molecule has 60 heavy (non-hydrogen) atoms. The maximum absolute atomic E-state index is 12.6. The minimum Gasteiger partial charge on any atom is -0.507 e. The van der Waals surface area contributed by atoms with Gasteiger partial charge in [-0.1, -0.05) is 52.7 Å². The normalized spacial score (nSPS) is 19.8. The van der Waals surface area contributed by atoms with Crippen LogP contribution in [0.15, 0.2) is 67.7 Å². The smallest absolute Gasteiger partial charge is 0.167 e. The molecule has 2 heterocycles. The van der Waals surface area contributed by atoms with E-state index in [1.54, 1.807) is 25.0 Å². The summed E-state index contributed by atoms with van der Waals surface area (Å²) in [6.07, 6.45) is 13.6. The standard InChI is InChI=1S/C50H56N2O8/c1-25(2)39-33-19-27(5)41(47(55)43(33)35(45(53)49(39)57)23-51-37-15-7-11-29(37)21-31-13-9-17-59-31)42-28(6)20-34-40(26(3)4)50(58)46(54)36(44(34)48(42)56)24-52-38-16-8-12-30(38)22-32-14-10-18-60-32/h9-10,13-14,17-20,23-26,29-30,37-38,53-58H,7-8,11-12,15-16,21-22H2,1-6H3/t29-,30-,37+,38+/m0/s1. The highest BCUT2D eigenvalue weighted by molar-refractivity contribution is 6.15. The van der Waals surface area contributed by atoms with Gasteiger partial charge in [0.2, 0.25) is 0 Å². The molecule has 0 spiro atoms. The van der Waals surface area contributed by atoms with E-state index in [-0.39, 0.29) is 81.4 Å². The van der Waals surface area contributed by atoms with E-state index in [0.29, 0.717) is 54.9 Å². The lowest BCUT2D eigenvalue weighted by Gasteiger charge is -2.24. The van der Waals surface area contributed by atoms with E-state index < -0.39 is 0 Å². The van der Waals surface area contributed by atoms with Gasteiger partial charge in [0.1, 0.15) is 23.0 Å². The second-order valence-electron chi connectivity index (χ2n) is 17.7. The minimum atomic E-state index is -0.377. The van der Waals surface area contributed by atoms with Crippen LogP contribution in [0.5, 0.6) is 34.5 Å². The van der Waals surface area contributed by atoms with E-state index in [0.717, 1.165) is 62.9 Å². The maximum Gasteiger partial charge on any atom is 0.167 e. The van der Waals surface area contributed by atoms with Crippen molar-refractivity contribution < 1.29 is 39.5 Å². The summed E-state index contributed by atoms with van der Waals surface area (Å²) in [4.78, 5) is 9.98. The van der Waals surface area contributed by atoms with Gasteiger partial charge < -0.3 is 39.5 Å². The zero-order valence-electron chi connectivity index (χ0n) is 35.3. The molecule has 2 saturated carbocycles. The highest BCUT2D eigenvalue weighted by Crippen LogP contribution is 2.54. The van der Waals surface area contributed by atoms with E-state index in [2.05, 4.69) is 0 Å². The molecule has 10 heteroatoms. The van der Waals surface area contributed by atoms with Crippen molar-refractivity contribution in [1.29, 1.82) is 0 Å². The number of fused-ring (bicyclic) bond motifs is 2. The summed E-state index contributed by atoms with van der Waals surface area (Å²) in [5.41, 5.74) is 3.25. The number of aliphatic imine (C=N–C) groups is 2. The molecular formula is C50H56N2O8. The fraction of sp³-hybridized carbons (Fsp3) is 0.400. The van der Waals surface area contributed by atoms with Gasteiger partial charge >= 0.3 is 0 Å². The number of hydrogen-bond donors (Lipinski definition) is 6. The van der Waals surface area contributed by atoms with E-state index in [9.17, 15) is 30.6 Å². The molecule has 0 aliphatic heterocycles. The molecule has 2 aliphatic rings. The molecule has 2 fully saturated rings. The van der Waals surface area contributed by atoms with Crippen molar-refractivity contribution in [2.75, 3.05) is 0 Å². The van der Waals surface area contributed by atoms with Gasteiger partial charge in [0.05, 0.1) is 24.6 Å². The predicted molar refractivity (Wildman–Crippen MR) is 237 cm³/mol. The number of benzene rings is 4. The first-order valence-electron chi connectivity index (χ1n) is 21.4. The highest BCUT2D eigenvalue weighted by atomic mass is 16.3. The number of nitrogens with zero attached hydrogens (tertiary/aromatic N) is 2. The third kappa shape index (κ3) is 7.13. The molecule has 2 aliphatic carbocycles. The topological polar surface area (TPSA) is 172 Å². The Bertz CT molecular complexity index is 2440. The van der Waals surface area contributed by atoms with Gasteiger partial charge in [-0.05, 0) is 109 Å². The van der Waals surface area contributed by atoms with E-state index in [1.807, 2.05) is 77.9 Å². The molecule has 0 radical (unpaired) electrons. The summed E-state index contributed by atoms with van der Waals surface area (Å²) in [6, 6.07) is 11.3. The van der Waals surface area contributed by atoms with Gasteiger partial charge in [-0.25, -0.2) is 0 Å². The van der Waals surface area contributed by atoms with E-state index in [4.69, 9.17) is 18.8 Å². The summed E-state index contributed by atoms with van der Waals surface area (Å²) in [7, 11) is 0. The van der Waals surface area contributed by atoms with Crippen LogP contribution < -0.4 is 0 Å². The first kappa shape index (κ1) is 40.9. The fourth-order valence-electron chi connectivity index (χ4n) is 10.2. The average molecular weight is 813 g/mol. The number of phenols is 6. The zero-order valence-corrected chi connectivity index (χ0v) is 35.3. The summed E-state index contributed by atoms with van der Waals surface area (Å²) in [5, 5.41) is 73.4. The summed E-state index contributed by atoms with van der Waals surface area (Å²) in [6.45, 7) is 11.4. The Morgan fingerprint density at radius 2 is 0.983 bits per heavy atom. The largest absolute Gasteiger partial charge is 0.507 e. The predicted octanol–water partition coefficient (Wildman–Crippen LogP) is 11.6. The van der Waals surface area contributed by atoms with Crippen molar-refractivity contribution in [3.05, 3.63) is 93.8 Å². The Kier molecular flexibility index (Phi) is 11.1. The van der Waals surface area contributed by atoms with Gasteiger partial charge in [0, 0.05) is 69.4 Å². The van der Waals surface area contributed by atoms with Crippen molar-refractivity contribution in [2.24, 2.45) is 21.8 Å². The van der Waals surface area contributed by atoms with E-state index in [1.165, 1.54) is 0 Å². The number of rotatable bonds is 11. The van der Waals surface area contributed by atoms with Crippen LogP contribution in [-0.4, -0.2) is 55.2 Å². The number of hydrogen-bond acceptors (Lipinski definition) is 10. The van der Waals surface area contributed by atoms with Crippen LogP contribution in [0.25, 0.3) is 32.7 Å². The van der Waals surface area contributed by atoms with E-state index >= 15 is 0 Å². The Morgan fingerprint density at radius 1 is 0.583 bits per heavy atom. The Labute approximate surface area is 350 Å². The van der Waals surface area contributed by atoms with Gasteiger partial charge in [-0.15, -0.1) is 0 Å². The number of furan rings is 2. The minimum absolute atomic E-state index is 0.0562. The third-order valence-electron chi connectivity index (χ3n) is 13.1. The number of aromatic hydroxyl groups is 6. The monoisotopic (exact) mass is 812 g/mol. The van der Waals surface area contributed by atoms with Crippen molar-refractivity contribution in [3.8, 4) is 45.6 Å². The number of aryl methyl sites for hydroxylation is 2. The van der Waals surface area contributed by atoms with Gasteiger partial charge in [-0.2, -0.15) is 0 Å². The lowest BCUT2D eigenvalue weighted by molar-refractivity contribution is 0.398. The molecule has 0 bridgehead atoms. The first-order chi connectivity index (χ1) is 28.8. The molecular weight excluding hydrogens is 757 g/mol. The van der Waals surface area contributed by atoms with Crippen molar-refractivity contribution in [2.45, 2.75) is 117 Å². The summed E-state index contributed by atoms with van der Waals surface area (Å²) in [5.74, 6) is 0.156. The molecule has 314 valence electrons. The van der Waals surface area contributed by atoms with Crippen molar-refractivity contribution in [3.63, 3.8) is 0 Å². The second-order valence-corrected chi connectivity index (χ2v) is 17.7. The quantitative estimate of drug-likeness (QED) is 0.0554. The van der Waals surface area contributed by atoms with Gasteiger partial charge in [-0.3, -0.25) is 9.98 Å². The Hall–Kier alpha value is -5.90. The van der Waals surface area contributed by atoms with Gasteiger partial charge in [0.15, 0.2) is 23.0 Å². The molecule has 4 atom stereocenters. The van der Waals surface area contributed by atoms with Crippen molar-refractivity contribution >= 4 is 34.0 Å². The van der Waals surface area contributed by atoms with Crippen LogP contribution in [0, 0.1) is 25.7 Å². The lowest BCUT2D eigenvalue weighted by Crippen LogP contribution is -2.14. The summed E-state index contributed by atoms with van der Waals surface area (Å²) >= 11 is 0. The van der Waals surface area contributed by atoms with Crippen LogP contribution in [0.4, 0.5) is 0 Å². The van der Waals surface area contributed by atoms with Crippen LogP contribution in [0.2, 0.25) is 0 Å². The first-order valence-corrected chi connectivity index (χ1v) is 21.4. The molecule has 8 rings (SSSR count). The molecule has 10 nitrogen and oxygen atoms in total. The summed E-state index contributed by atoms with van der Waals surface area (Å²) < 4.78 is 11.3. The van der Waals surface area contributed by atoms with Crippen LogP contribution in [0.3, 0.4) is 0 Å². The molecule has 6 N–H and O–H groups in total. The lowest BCUT2D eigenvalue weighted by atomic mass is 9.83. The number of phenolic OH excluding ortho intramolecular Hbond substituents is 6. The Balaban J connectivity index is 1.32. The van der Waals surface area contributed by atoms with Crippen LogP contribution in [-0.2, 0) is 12.8 Å². The molecule has 0 unspecified atom stereocenters. The SMILES string of the molecule is Cc1cc2c(C(C)C)c(O)c(O)c(C=N[C@@H]3CCC[C@H]3Cc3ccco3)c2c(O)c1-c1c(C)cc2c(C(C)C)c(O)c(O)c(C=N[C@@H]3CCC[C@H]3Cc3ccco3)c2c1O. The second kappa shape index (κ2) is 16.3. The molecule has 2 aromatic heterocycles. The Morgan fingerprint density at radius 3 is 1.33 bits per heavy atom. The fourth-order valence-corrected chi connectivity index (χ4v) is 10.2. The maximum atomic E-state index is 12.6. The van der Waals surface area contributed by atoms with Crippen molar-refractivity contribution in [1.82, 2.24) is 0 Å².